The number of nitrogens with zero attached hydrogens (tertiary/aromatic N) is 1. The summed E-state index contributed by atoms with van der Waals surface area (Å²) < 4.78 is 21.8. The molecule has 0 fully saturated rings. The lowest BCUT2D eigenvalue weighted by molar-refractivity contribution is 0.584. The maximum Gasteiger partial charge on any atom is 0.147 e. The van der Waals surface area contributed by atoms with E-state index in [0.717, 1.165) is 5.69 Å². The second kappa shape index (κ2) is 5.23. The summed E-state index contributed by atoms with van der Waals surface area (Å²) in [6.45, 7) is 0. The first-order valence-corrected chi connectivity index (χ1v) is 6.86. The molecule has 0 saturated heterocycles. The van der Waals surface area contributed by atoms with Crippen LogP contribution in [0.4, 0.5) is 0 Å². The van der Waals surface area contributed by atoms with Crippen LogP contribution >= 0.6 is 0 Å². The van der Waals surface area contributed by atoms with Crippen molar-refractivity contribution < 1.29 is 8.42 Å². The first-order chi connectivity index (χ1) is 6.97. The van der Waals surface area contributed by atoms with Gasteiger partial charge >= 0.3 is 0 Å². The Kier molecular flexibility index (Phi) is 4.23. The molecule has 0 bridgehead atoms. The fraction of sp³-hybridized carbons (Fsp3) is 0.500. The number of hydrogen-bond acceptors (Lipinski definition) is 4. The summed E-state index contributed by atoms with van der Waals surface area (Å²) in [6.07, 6.45) is 4.03. The van der Waals surface area contributed by atoms with Crippen LogP contribution in [-0.2, 0) is 16.3 Å². The molecule has 1 heterocycles. The second-order valence-electron chi connectivity index (χ2n) is 3.70. The number of pyridine rings is 1. The van der Waals surface area contributed by atoms with E-state index >= 15 is 0 Å². The van der Waals surface area contributed by atoms with Crippen molar-refractivity contribution in [3.63, 3.8) is 0 Å². The van der Waals surface area contributed by atoms with Crippen LogP contribution in [-0.4, -0.2) is 31.5 Å². The topological polar surface area (TPSA) is 73.0 Å². The summed E-state index contributed by atoms with van der Waals surface area (Å²) in [4.78, 5) is 4.13. The lowest BCUT2D eigenvalue weighted by Gasteiger charge is -2.09. The van der Waals surface area contributed by atoms with Gasteiger partial charge in [-0.2, -0.15) is 0 Å². The maximum absolute atomic E-state index is 10.9. The van der Waals surface area contributed by atoms with E-state index in [1.54, 1.807) is 6.20 Å². The SMILES string of the molecule is CS(=O)(=O)CCC(N)Cc1ccccn1. The fourth-order valence-corrected chi connectivity index (χ4v) is 1.99. The van der Waals surface area contributed by atoms with E-state index < -0.39 is 9.84 Å². The van der Waals surface area contributed by atoms with Crippen molar-refractivity contribution in [1.82, 2.24) is 4.98 Å². The summed E-state index contributed by atoms with van der Waals surface area (Å²) in [6, 6.07) is 5.48. The summed E-state index contributed by atoms with van der Waals surface area (Å²) >= 11 is 0. The highest BCUT2D eigenvalue weighted by atomic mass is 32.2. The Hall–Kier alpha value is -0.940. The highest BCUT2D eigenvalue weighted by molar-refractivity contribution is 7.90. The highest BCUT2D eigenvalue weighted by Gasteiger charge is 2.09. The average Bonchev–Trinajstić information content (AvgIpc) is 2.15. The van der Waals surface area contributed by atoms with Crippen LogP contribution in [0.25, 0.3) is 0 Å². The number of sulfone groups is 1. The molecule has 15 heavy (non-hydrogen) atoms. The predicted molar refractivity (Wildman–Crippen MR) is 60.2 cm³/mol. The molecule has 0 aliphatic rings. The Morgan fingerprint density at radius 1 is 1.47 bits per heavy atom. The lowest BCUT2D eigenvalue weighted by Crippen LogP contribution is -2.26. The van der Waals surface area contributed by atoms with Crippen molar-refractivity contribution in [2.45, 2.75) is 18.9 Å². The minimum atomic E-state index is -2.91. The monoisotopic (exact) mass is 228 g/mol. The van der Waals surface area contributed by atoms with Gasteiger partial charge in [0.25, 0.3) is 0 Å². The average molecular weight is 228 g/mol. The van der Waals surface area contributed by atoms with Gasteiger partial charge in [0, 0.05) is 30.6 Å². The van der Waals surface area contributed by atoms with E-state index in [1.165, 1.54) is 6.26 Å². The van der Waals surface area contributed by atoms with Crippen LogP contribution in [0, 0.1) is 0 Å². The largest absolute Gasteiger partial charge is 0.327 e. The molecular formula is C10H16N2O2S. The van der Waals surface area contributed by atoms with E-state index in [9.17, 15) is 8.42 Å². The highest BCUT2D eigenvalue weighted by Crippen LogP contribution is 2.02. The van der Waals surface area contributed by atoms with Gasteiger partial charge in [0.1, 0.15) is 9.84 Å². The van der Waals surface area contributed by atoms with Crippen molar-refractivity contribution in [2.75, 3.05) is 12.0 Å². The zero-order valence-corrected chi connectivity index (χ0v) is 9.57. The molecule has 0 saturated carbocycles. The van der Waals surface area contributed by atoms with Gasteiger partial charge in [0.05, 0.1) is 5.75 Å². The van der Waals surface area contributed by atoms with E-state index in [2.05, 4.69) is 4.98 Å². The normalized spacial score (nSPS) is 13.7. The number of aromatic nitrogens is 1. The Morgan fingerprint density at radius 2 is 2.20 bits per heavy atom. The third-order valence-electron chi connectivity index (χ3n) is 2.06. The molecule has 2 N–H and O–H groups in total. The molecule has 0 aliphatic carbocycles. The first kappa shape index (κ1) is 12.1. The van der Waals surface area contributed by atoms with Crippen LogP contribution in [0.3, 0.4) is 0 Å². The predicted octanol–water partition coefficient (Wildman–Crippen LogP) is 0.386. The summed E-state index contributed by atoms with van der Waals surface area (Å²) in [7, 11) is -2.91. The molecule has 1 unspecified atom stereocenters. The molecule has 5 heteroatoms. The second-order valence-corrected chi connectivity index (χ2v) is 5.96. The summed E-state index contributed by atoms with van der Waals surface area (Å²) in [5.41, 5.74) is 6.71. The Labute approximate surface area is 90.4 Å². The van der Waals surface area contributed by atoms with Gasteiger partial charge in [-0.1, -0.05) is 6.07 Å². The van der Waals surface area contributed by atoms with Crippen molar-refractivity contribution in [3.8, 4) is 0 Å². The Morgan fingerprint density at radius 3 is 2.73 bits per heavy atom. The van der Waals surface area contributed by atoms with Crippen LogP contribution in [0.2, 0.25) is 0 Å². The van der Waals surface area contributed by atoms with Crippen molar-refractivity contribution >= 4 is 9.84 Å². The Bertz CT molecular complexity index is 389. The van der Waals surface area contributed by atoms with E-state index in [1.807, 2.05) is 18.2 Å². The van der Waals surface area contributed by atoms with Gasteiger partial charge in [-0.25, -0.2) is 8.42 Å². The molecule has 0 aromatic carbocycles. The number of hydrogen-bond donors (Lipinski definition) is 1. The van der Waals surface area contributed by atoms with E-state index in [4.69, 9.17) is 5.73 Å². The van der Waals surface area contributed by atoms with Crippen molar-refractivity contribution in [2.24, 2.45) is 5.73 Å². The molecule has 1 atom stereocenters. The molecule has 1 rings (SSSR count). The number of rotatable bonds is 5. The van der Waals surface area contributed by atoms with Gasteiger partial charge in [0.2, 0.25) is 0 Å². The minimum Gasteiger partial charge on any atom is -0.327 e. The zero-order valence-electron chi connectivity index (χ0n) is 8.76. The van der Waals surface area contributed by atoms with Gasteiger partial charge in [0.15, 0.2) is 0 Å². The van der Waals surface area contributed by atoms with Gasteiger partial charge in [-0.15, -0.1) is 0 Å². The molecule has 0 aliphatic heterocycles. The third-order valence-corrected chi connectivity index (χ3v) is 3.03. The smallest absolute Gasteiger partial charge is 0.147 e. The van der Waals surface area contributed by atoms with Crippen molar-refractivity contribution in [3.05, 3.63) is 30.1 Å². The first-order valence-electron chi connectivity index (χ1n) is 4.80. The summed E-state index contributed by atoms with van der Waals surface area (Å²) in [5, 5.41) is 0. The standard InChI is InChI=1S/C10H16N2O2S/c1-15(13,14)7-5-9(11)8-10-4-2-3-6-12-10/h2-4,6,9H,5,7-8,11H2,1H3. The quantitative estimate of drug-likeness (QED) is 0.791. The molecular weight excluding hydrogens is 212 g/mol. The zero-order chi connectivity index (χ0) is 11.3. The lowest BCUT2D eigenvalue weighted by atomic mass is 10.1. The molecule has 1 aromatic rings. The fourth-order valence-electron chi connectivity index (χ4n) is 1.26. The van der Waals surface area contributed by atoms with Crippen LogP contribution < -0.4 is 5.73 Å². The number of nitrogens with two attached hydrogens (primary N) is 1. The van der Waals surface area contributed by atoms with Gasteiger partial charge in [-0.3, -0.25) is 4.98 Å². The molecule has 84 valence electrons. The van der Waals surface area contributed by atoms with E-state index in [0.29, 0.717) is 12.8 Å². The van der Waals surface area contributed by atoms with Crippen LogP contribution in [0.15, 0.2) is 24.4 Å². The summed E-state index contributed by atoms with van der Waals surface area (Å²) in [5.74, 6) is 0.140. The maximum atomic E-state index is 10.9. The van der Waals surface area contributed by atoms with Gasteiger partial charge in [-0.05, 0) is 18.6 Å². The molecule has 4 nitrogen and oxygen atoms in total. The van der Waals surface area contributed by atoms with Gasteiger partial charge < -0.3 is 5.73 Å². The van der Waals surface area contributed by atoms with Crippen LogP contribution in [0.5, 0.6) is 0 Å². The molecule has 1 aromatic heterocycles. The minimum absolute atomic E-state index is 0.140. The van der Waals surface area contributed by atoms with E-state index in [-0.39, 0.29) is 11.8 Å². The Balaban J connectivity index is 2.40. The van der Waals surface area contributed by atoms with Crippen molar-refractivity contribution in [1.29, 1.82) is 0 Å². The third kappa shape index (κ3) is 5.49. The molecule has 0 spiro atoms. The molecule has 0 amide bonds. The van der Waals surface area contributed by atoms with Crippen LogP contribution in [0.1, 0.15) is 12.1 Å². The molecule has 0 radical (unpaired) electrons.